The summed E-state index contributed by atoms with van der Waals surface area (Å²) in [6, 6.07) is 40.9. The number of aromatic amines is 2. The van der Waals surface area contributed by atoms with Crippen LogP contribution in [0, 0.1) is 31.1 Å². The number of H-pyrrole nitrogens is 2. The lowest BCUT2D eigenvalue weighted by Crippen LogP contribution is -2.47. The van der Waals surface area contributed by atoms with Gasteiger partial charge in [-0.3, -0.25) is 39.6 Å². The summed E-state index contributed by atoms with van der Waals surface area (Å²) in [5, 5.41) is 29.1. The van der Waals surface area contributed by atoms with Gasteiger partial charge in [0, 0.05) is 155 Å². The van der Waals surface area contributed by atoms with Gasteiger partial charge in [-0.15, -0.1) is 0 Å². The third-order valence-electron chi connectivity index (χ3n) is 23.1. The number of rotatable bonds is 22. The van der Waals surface area contributed by atoms with E-state index >= 15 is 0 Å². The van der Waals surface area contributed by atoms with E-state index in [2.05, 4.69) is 78.6 Å². The molecule has 4 fully saturated rings. The number of allylic oxidation sites excluding steroid dienone is 2. The molecular weight excluding hydrogens is 1520 g/mol. The molecule has 2 spiro atoms. The third-order valence-corrected chi connectivity index (χ3v) is 26.3. The number of nitro benzene ring substituents is 2. The number of hydrogen-bond donors (Lipinski definition) is 5. The average molecular weight is 1610 g/mol. The van der Waals surface area contributed by atoms with Crippen molar-refractivity contribution in [3.8, 4) is 23.0 Å². The van der Waals surface area contributed by atoms with Gasteiger partial charge < -0.3 is 39.5 Å². The van der Waals surface area contributed by atoms with Crippen LogP contribution in [0.25, 0.3) is 33.2 Å². The summed E-state index contributed by atoms with van der Waals surface area (Å²) in [6.07, 6.45) is 21.4. The van der Waals surface area contributed by atoms with E-state index in [0.29, 0.717) is 33.6 Å². The summed E-state index contributed by atoms with van der Waals surface area (Å²) in [4.78, 5) is 74.6. The Balaban J connectivity index is 0.000000178. The number of benzene rings is 6. The van der Waals surface area contributed by atoms with E-state index in [-0.39, 0.29) is 34.0 Å². The molecule has 2 amide bonds. The van der Waals surface area contributed by atoms with E-state index in [4.69, 9.17) is 32.7 Å². The number of ether oxygens (including phenoxy) is 2. The molecule has 2 saturated carbocycles. The summed E-state index contributed by atoms with van der Waals surface area (Å²) < 4.78 is 70.4. The van der Waals surface area contributed by atoms with Gasteiger partial charge in [0.25, 0.3) is 43.2 Å². The molecule has 6 aromatic carbocycles. The summed E-state index contributed by atoms with van der Waals surface area (Å²) in [5.74, 6) is -0.911. The lowest BCUT2D eigenvalue weighted by molar-refractivity contribution is -0.384. The number of fused-ring (bicyclic) bond motifs is 2. The number of anilines is 4. The number of halogens is 2. The number of pyridine rings is 2. The van der Waals surface area contributed by atoms with Crippen molar-refractivity contribution in [2.24, 2.45) is 10.8 Å². The number of carbonyl (C=O) groups is 2. The second kappa shape index (κ2) is 32.3. The predicted octanol–water partition coefficient (Wildman–Crippen LogP) is 16.0. The molecule has 30 heteroatoms. The molecule has 4 aromatic heterocycles. The number of hydrogen-bond acceptors (Lipinski definition) is 20. The normalized spacial score (nSPS) is 17.1. The van der Waals surface area contributed by atoms with Crippen LogP contribution in [0.1, 0.15) is 109 Å². The van der Waals surface area contributed by atoms with E-state index < -0.39 is 62.9 Å². The van der Waals surface area contributed by atoms with Crippen LogP contribution in [0.5, 0.6) is 23.0 Å². The minimum Gasteiger partial charge on any atom is -0.455 e. The maximum absolute atomic E-state index is 13.8. The summed E-state index contributed by atoms with van der Waals surface area (Å²) in [6.45, 7) is 8.15. The molecular formula is C83H86Cl2N14O12S2. The average Bonchev–Trinajstić information content (AvgIpc) is 1.11. The van der Waals surface area contributed by atoms with Gasteiger partial charge in [0.2, 0.25) is 0 Å². The van der Waals surface area contributed by atoms with Crippen LogP contribution in [0.4, 0.5) is 34.1 Å². The Morgan fingerprint density at radius 3 is 1.36 bits per heavy atom. The molecule has 0 bridgehead atoms. The largest absolute Gasteiger partial charge is 0.455 e. The Hall–Kier alpha value is -10.9. The van der Waals surface area contributed by atoms with E-state index in [1.165, 1.54) is 139 Å². The number of nitrogens with zero attached hydrogens (tertiary/aromatic N) is 9. The van der Waals surface area contributed by atoms with Gasteiger partial charge in [0.15, 0.2) is 0 Å². The fourth-order valence-corrected chi connectivity index (χ4v) is 18.7. The Morgan fingerprint density at radius 1 is 0.540 bits per heavy atom. The van der Waals surface area contributed by atoms with Crippen molar-refractivity contribution in [2.45, 2.75) is 86.8 Å². The van der Waals surface area contributed by atoms with Crippen molar-refractivity contribution >= 4 is 122 Å². The molecule has 6 aliphatic rings. The zero-order chi connectivity index (χ0) is 78.9. The Kier molecular flexibility index (Phi) is 22.1. The molecule has 113 heavy (non-hydrogen) atoms. The third kappa shape index (κ3) is 17.1. The fraction of sp³-hybridized carbons (Fsp3) is 0.325. The van der Waals surface area contributed by atoms with E-state index in [1.54, 1.807) is 69.0 Å². The molecule has 10 aromatic rings. The van der Waals surface area contributed by atoms with Crippen molar-refractivity contribution in [2.75, 3.05) is 107 Å². The quantitative estimate of drug-likeness (QED) is 0.0311. The predicted molar refractivity (Wildman–Crippen MR) is 439 cm³/mol. The molecule has 26 nitrogen and oxygen atoms in total. The summed E-state index contributed by atoms with van der Waals surface area (Å²) in [7, 11) is -4.30. The molecule has 4 aliphatic carbocycles. The molecule has 586 valence electrons. The molecule has 5 N–H and O–H groups in total. The smallest absolute Gasteiger partial charge is 0.293 e. The van der Waals surface area contributed by atoms with Gasteiger partial charge in [-0.25, -0.2) is 36.2 Å². The number of aromatic nitrogens is 4. The van der Waals surface area contributed by atoms with Crippen molar-refractivity contribution in [1.82, 2.24) is 39.2 Å². The van der Waals surface area contributed by atoms with Crippen LogP contribution in [-0.4, -0.2) is 155 Å². The van der Waals surface area contributed by atoms with Crippen molar-refractivity contribution in [1.29, 1.82) is 0 Å². The topological polar surface area (TPSA) is 317 Å². The minimum absolute atomic E-state index is 0.0299. The minimum atomic E-state index is -4.51. The van der Waals surface area contributed by atoms with Gasteiger partial charge in [-0.2, -0.15) is 0 Å². The molecule has 2 saturated heterocycles. The van der Waals surface area contributed by atoms with Gasteiger partial charge in [-0.05, 0) is 194 Å². The summed E-state index contributed by atoms with van der Waals surface area (Å²) in [5.41, 5.74) is 11.9. The number of amides is 2. The van der Waals surface area contributed by atoms with Crippen molar-refractivity contribution in [3.05, 3.63) is 234 Å². The first-order valence-electron chi connectivity index (χ1n) is 37.8. The van der Waals surface area contributed by atoms with Gasteiger partial charge >= 0.3 is 0 Å². The van der Waals surface area contributed by atoms with Crippen molar-refractivity contribution in [3.63, 3.8) is 0 Å². The molecule has 0 unspecified atom stereocenters. The molecule has 2 aliphatic heterocycles. The van der Waals surface area contributed by atoms with Crippen LogP contribution < -0.4 is 38.9 Å². The molecule has 0 atom stereocenters. The van der Waals surface area contributed by atoms with E-state index in [1.807, 2.05) is 36.4 Å². The number of carbonyl (C=O) groups excluding carboxylic acids is 2. The lowest BCUT2D eigenvalue weighted by atomic mass is 9.59. The zero-order valence-electron chi connectivity index (χ0n) is 62.7. The second-order valence-electron chi connectivity index (χ2n) is 30.4. The lowest BCUT2D eigenvalue weighted by Gasteiger charge is -2.47. The Morgan fingerprint density at radius 2 is 0.965 bits per heavy atom. The van der Waals surface area contributed by atoms with Crippen LogP contribution in [-0.2, 0) is 20.0 Å². The zero-order valence-corrected chi connectivity index (χ0v) is 65.9. The maximum Gasteiger partial charge on any atom is 0.293 e. The molecule has 16 rings (SSSR count). The first-order valence-corrected chi connectivity index (χ1v) is 41.5. The van der Waals surface area contributed by atoms with Crippen LogP contribution in [0.2, 0.25) is 10.0 Å². The number of piperazine rings is 2. The second-order valence-corrected chi connectivity index (χ2v) is 34.6. The SMILES string of the molecule is CN(C)c1ccc(S(=O)(=O)NC(=O)c2ccc(N3CCN(CC4=C(c5ccc(Cl)cc5)CC5(CCC5)CC4)CC3)cc2Oc2cnc3[nH]ccc3c2)cc1[N+](=O)[O-].CNc1ccc(S(=O)(=O)NC(=O)c2ccc(N3CCN(CC4=C(c5ccc(Cl)cc5)CC5(CCC5)CC4)CC3)cc2Oc2cnc3[nH]ccc3c2)cc1[N+](=O)[O-]. The number of nitrogens with one attached hydrogen (secondary N) is 5. The maximum atomic E-state index is 13.8. The van der Waals surface area contributed by atoms with Crippen LogP contribution in [0.3, 0.4) is 0 Å². The number of sulfonamides is 2. The van der Waals surface area contributed by atoms with Gasteiger partial charge in [0.05, 0.1) is 43.2 Å². The van der Waals surface area contributed by atoms with Crippen LogP contribution in [0.15, 0.2) is 191 Å². The van der Waals surface area contributed by atoms with E-state index in [9.17, 15) is 46.7 Å². The Labute approximate surface area is 664 Å². The highest BCUT2D eigenvalue weighted by Gasteiger charge is 2.43. The van der Waals surface area contributed by atoms with Crippen LogP contribution >= 0.6 is 23.2 Å². The highest BCUT2D eigenvalue weighted by Crippen LogP contribution is 2.57. The highest BCUT2D eigenvalue weighted by molar-refractivity contribution is 7.90. The van der Waals surface area contributed by atoms with Gasteiger partial charge in [-0.1, -0.05) is 71.5 Å². The molecule has 0 radical (unpaired) electrons. The molecule has 6 heterocycles. The highest BCUT2D eigenvalue weighted by atomic mass is 35.5. The van der Waals surface area contributed by atoms with Gasteiger partial charge in [0.1, 0.15) is 45.7 Å². The van der Waals surface area contributed by atoms with E-state index in [0.717, 1.165) is 135 Å². The fourth-order valence-electron chi connectivity index (χ4n) is 16.5. The monoisotopic (exact) mass is 1600 g/mol. The Bertz CT molecular complexity index is 5630. The van der Waals surface area contributed by atoms with Crippen molar-refractivity contribution < 1.29 is 45.7 Å². The summed E-state index contributed by atoms with van der Waals surface area (Å²) >= 11 is 12.5. The first-order chi connectivity index (χ1) is 54.3. The first kappa shape index (κ1) is 77.4. The standard InChI is InChI=1S/C42H44ClN7O6S.C41H42ClN7O6S/c1-47(2)37-11-9-34(24-38(37)50(52)53)57(54,55)46-41(51)35-10-8-32(23-39(35)56-33-22-29-13-17-44-40(29)45-26-33)49-20-18-48(19-21-49)27-30-12-16-42(14-3-15-42)25-36(30)28-4-6-31(43)7-5-28;1-43-36-10-8-33(23-37(36)49(51)52)56(53,54)46-40(50)34-9-7-31(22-38(34)55-32-21-28-12-16-44-39(28)45-25-32)48-19-17-47(18-20-48)26-29-11-15-41(13-2-14-41)24-35(29)27-3-5-30(42)6-4-27/h4-11,13,17,22-24,26H,3,12,14-16,18-21,25,27H2,1-2H3,(H,44,45)(H,46,51);3-10,12,16,21-23,25,43H,2,11,13-15,17-20,24,26H2,1H3,(H,44,45)(H,46,50). The number of nitro groups is 2.